The van der Waals surface area contributed by atoms with Gasteiger partial charge in [0, 0.05) is 56.1 Å². The Kier molecular flexibility index (Phi) is 9.26. The van der Waals surface area contributed by atoms with Crippen molar-refractivity contribution in [3.63, 3.8) is 0 Å². The first kappa shape index (κ1) is 34.4. The summed E-state index contributed by atoms with van der Waals surface area (Å²) in [5.74, 6) is -6.31. The summed E-state index contributed by atoms with van der Waals surface area (Å²) in [5.41, 5.74) is -3.00. The third-order valence-electron chi connectivity index (χ3n) is 8.36. The number of carbonyl (C=O) groups is 4. The standard InChI is InChI=1S/C33H36F3N5O7/c1-15(2)26(32(47)48-33(3,4)5)37-24(42)8-9-25(43)38-27-18-12-40(13-19(18)27)30-22(36)11-17-28(44)20(31(45)46)14-41(29(17)39-30)23-7-6-16(34)10-21(23)35/h6-7,10-11,14-15,18-19,26-27H,8-9,12-13H2,1-5H3,(H,37,42)(H,38,43)(H,45,46)/t18-,19+,26-,27?/m0/s1. The first-order valence-corrected chi connectivity index (χ1v) is 15.5. The topological polar surface area (TPSA) is 160 Å². The molecule has 2 aromatic heterocycles. The molecule has 1 aliphatic carbocycles. The maximum absolute atomic E-state index is 15.4. The Balaban J connectivity index is 1.24. The number of nitrogens with one attached hydrogen (secondary N) is 2. The minimum absolute atomic E-state index is 0.0525. The van der Waals surface area contributed by atoms with Gasteiger partial charge in [0.2, 0.25) is 17.2 Å². The van der Waals surface area contributed by atoms with Crippen LogP contribution in [-0.4, -0.2) is 69.2 Å². The zero-order valence-electron chi connectivity index (χ0n) is 27.0. The predicted molar refractivity (Wildman–Crippen MR) is 167 cm³/mol. The first-order valence-electron chi connectivity index (χ1n) is 15.5. The molecule has 0 bridgehead atoms. The van der Waals surface area contributed by atoms with Crippen LogP contribution in [0.5, 0.6) is 0 Å². The van der Waals surface area contributed by atoms with Gasteiger partial charge in [0.05, 0.1) is 11.1 Å². The normalized spacial score (nSPS) is 19.2. The number of piperidine rings is 1. The second kappa shape index (κ2) is 12.9. The van der Waals surface area contributed by atoms with E-state index in [9.17, 15) is 37.9 Å². The van der Waals surface area contributed by atoms with E-state index in [1.165, 1.54) is 0 Å². The second-order valence-electron chi connectivity index (χ2n) is 13.5. The minimum atomic E-state index is -1.61. The number of carbonyl (C=O) groups excluding carboxylic acids is 3. The fourth-order valence-corrected chi connectivity index (χ4v) is 5.96. The predicted octanol–water partition coefficient (Wildman–Crippen LogP) is 3.31. The van der Waals surface area contributed by atoms with Crippen LogP contribution < -0.4 is 21.0 Å². The number of nitrogens with zero attached hydrogens (tertiary/aromatic N) is 3. The Labute approximate surface area is 273 Å². The van der Waals surface area contributed by atoms with Crippen molar-refractivity contribution in [2.45, 2.75) is 65.1 Å². The van der Waals surface area contributed by atoms with Crippen LogP contribution in [0.1, 0.15) is 57.8 Å². The van der Waals surface area contributed by atoms with Crippen molar-refractivity contribution in [3.8, 4) is 5.69 Å². The van der Waals surface area contributed by atoms with Crippen LogP contribution in [0.3, 0.4) is 0 Å². The molecule has 256 valence electrons. The van der Waals surface area contributed by atoms with Crippen LogP contribution in [-0.2, 0) is 19.1 Å². The fourth-order valence-electron chi connectivity index (χ4n) is 5.96. The van der Waals surface area contributed by atoms with Crippen LogP contribution in [0.15, 0.2) is 35.3 Å². The molecular weight excluding hydrogens is 635 g/mol. The fraction of sp³-hybridized carbons (Fsp3) is 0.455. The zero-order chi connectivity index (χ0) is 35.2. The van der Waals surface area contributed by atoms with Gasteiger partial charge in [-0.05, 0) is 44.9 Å². The number of rotatable bonds is 10. The number of aromatic nitrogens is 2. The van der Waals surface area contributed by atoms with E-state index in [2.05, 4.69) is 15.6 Å². The number of halogens is 3. The molecule has 0 spiro atoms. The lowest BCUT2D eigenvalue weighted by molar-refractivity contribution is -0.160. The summed E-state index contributed by atoms with van der Waals surface area (Å²) in [7, 11) is 0. The highest BCUT2D eigenvalue weighted by atomic mass is 19.1. The number of amides is 2. The molecular formula is C33H36F3N5O7. The molecule has 1 aliphatic heterocycles. The first-order chi connectivity index (χ1) is 22.4. The Morgan fingerprint density at radius 1 is 1.02 bits per heavy atom. The van der Waals surface area contributed by atoms with E-state index < -0.39 is 63.3 Å². The number of hydrogen-bond acceptors (Lipinski definition) is 8. The number of benzene rings is 1. The average molecular weight is 672 g/mol. The number of esters is 1. The van der Waals surface area contributed by atoms with E-state index >= 15 is 4.39 Å². The summed E-state index contributed by atoms with van der Waals surface area (Å²) in [6, 6.07) is 2.37. The monoisotopic (exact) mass is 671 g/mol. The van der Waals surface area contributed by atoms with Gasteiger partial charge in [0.1, 0.15) is 28.8 Å². The maximum Gasteiger partial charge on any atom is 0.341 e. The van der Waals surface area contributed by atoms with Crippen LogP contribution >= 0.6 is 0 Å². The van der Waals surface area contributed by atoms with Gasteiger partial charge in [-0.15, -0.1) is 0 Å². The molecule has 5 rings (SSSR count). The number of ether oxygens (including phenoxy) is 1. The quantitative estimate of drug-likeness (QED) is 0.275. The molecule has 12 nitrogen and oxygen atoms in total. The summed E-state index contributed by atoms with van der Waals surface area (Å²) >= 11 is 0. The highest BCUT2D eigenvalue weighted by Crippen LogP contribution is 2.47. The molecule has 3 heterocycles. The third kappa shape index (κ3) is 7.14. The number of carboxylic acids is 1. The number of fused-ring (bicyclic) bond motifs is 2. The van der Waals surface area contributed by atoms with Gasteiger partial charge in [-0.1, -0.05) is 13.8 Å². The molecule has 48 heavy (non-hydrogen) atoms. The van der Waals surface area contributed by atoms with Crippen molar-refractivity contribution in [1.29, 1.82) is 0 Å². The van der Waals surface area contributed by atoms with Crippen LogP contribution in [0.4, 0.5) is 19.0 Å². The smallest absolute Gasteiger partial charge is 0.341 e. The summed E-state index contributed by atoms with van der Waals surface area (Å²) in [5, 5.41) is 14.7. The van der Waals surface area contributed by atoms with Crippen molar-refractivity contribution in [3.05, 3.63) is 63.7 Å². The number of hydrogen-bond donors (Lipinski definition) is 3. The maximum atomic E-state index is 15.4. The van der Waals surface area contributed by atoms with E-state index in [1.807, 2.05) is 0 Å². The molecule has 2 fully saturated rings. The molecule has 1 saturated heterocycles. The molecule has 1 aromatic carbocycles. The van der Waals surface area contributed by atoms with E-state index in [0.29, 0.717) is 19.2 Å². The Morgan fingerprint density at radius 2 is 1.67 bits per heavy atom. The van der Waals surface area contributed by atoms with Crippen molar-refractivity contribution < 1.29 is 42.2 Å². The van der Waals surface area contributed by atoms with Crippen LogP contribution in [0.2, 0.25) is 0 Å². The van der Waals surface area contributed by atoms with Crippen molar-refractivity contribution in [2.24, 2.45) is 17.8 Å². The summed E-state index contributed by atoms with van der Waals surface area (Å²) in [6.07, 6.45) is 0.616. The van der Waals surface area contributed by atoms with Crippen LogP contribution in [0, 0.1) is 35.2 Å². The average Bonchev–Trinajstić information content (AvgIpc) is 3.39. The lowest BCUT2D eigenvalue weighted by Gasteiger charge is -2.26. The molecule has 2 amide bonds. The van der Waals surface area contributed by atoms with Crippen LogP contribution in [0.25, 0.3) is 16.7 Å². The van der Waals surface area contributed by atoms with Gasteiger partial charge in [0.25, 0.3) is 0 Å². The summed E-state index contributed by atoms with van der Waals surface area (Å²) in [6.45, 7) is 9.31. The highest BCUT2D eigenvalue weighted by Gasteiger charge is 2.57. The third-order valence-corrected chi connectivity index (χ3v) is 8.36. The van der Waals surface area contributed by atoms with E-state index in [4.69, 9.17) is 4.74 Å². The summed E-state index contributed by atoms with van der Waals surface area (Å²) < 4.78 is 50.1. The van der Waals surface area contributed by atoms with E-state index in [0.717, 1.165) is 29.0 Å². The van der Waals surface area contributed by atoms with Crippen molar-refractivity contribution in [2.75, 3.05) is 18.0 Å². The van der Waals surface area contributed by atoms with Crippen molar-refractivity contribution in [1.82, 2.24) is 20.2 Å². The second-order valence-corrected chi connectivity index (χ2v) is 13.5. The number of pyridine rings is 2. The van der Waals surface area contributed by atoms with Gasteiger partial charge in [-0.25, -0.2) is 27.7 Å². The number of aromatic carboxylic acids is 1. The molecule has 15 heteroatoms. The lowest BCUT2D eigenvalue weighted by atomic mass is 10.0. The van der Waals surface area contributed by atoms with Gasteiger partial charge >= 0.3 is 11.9 Å². The highest BCUT2D eigenvalue weighted by molar-refractivity contribution is 5.93. The molecule has 1 saturated carbocycles. The molecule has 3 aromatic rings. The van der Waals surface area contributed by atoms with E-state index in [1.54, 1.807) is 39.5 Å². The summed E-state index contributed by atoms with van der Waals surface area (Å²) in [4.78, 5) is 68.3. The molecule has 2 aliphatic rings. The minimum Gasteiger partial charge on any atom is -0.477 e. The Hall–Kier alpha value is -4.95. The largest absolute Gasteiger partial charge is 0.477 e. The van der Waals surface area contributed by atoms with E-state index in [-0.39, 0.29) is 59.7 Å². The molecule has 3 N–H and O–H groups in total. The molecule has 4 atom stereocenters. The van der Waals surface area contributed by atoms with Gasteiger partial charge in [-0.2, -0.15) is 0 Å². The van der Waals surface area contributed by atoms with Gasteiger partial charge < -0.3 is 25.4 Å². The molecule has 1 unspecified atom stereocenters. The lowest BCUT2D eigenvalue weighted by Crippen LogP contribution is -2.47. The van der Waals surface area contributed by atoms with Gasteiger partial charge in [0.15, 0.2) is 17.3 Å². The molecule has 0 radical (unpaired) electrons. The zero-order valence-corrected chi connectivity index (χ0v) is 27.0. The Bertz CT molecular complexity index is 1860. The number of carboxylic acid groups (broad SMARTS) is 1. The Morgan fingerprint density at radius 3 is 2.25 bits per heavy atom. The number of anilines is 1. The van der Waals surface area contributed by atoms with Crippen molar-refractivity contribution >= 4 is 40.6 Å². The van der Waals surface area contributed by atoms with Gasteiger partial charge in [-0.3, -0.25) is 19.0 Å². The SMILES string of the molecule is CC(C)[C@H](NC(=O)CCC(=O)NC1[C@H]2CN(c3nc4c(cc3F)c(=O)c(C(=O)O)cn4-c3ccc(F)cc3F)C[C@@H]12)C(=O)OC(C)(C)C.